The Kier molecular flexibility index (Phi) is 5.97. The number of benzene rings is 1. The van der Waals surface area contributed by atoms with Crippen LogP contribution in [0.3, 0.4) is 0 Å². The molecule has 2 fully saturated rings. The van der Waals surface area contributed by atoms with E-state index in [1.165, 1.54) is 18.4 Å². The van der Waals surface area contributed by atoms with Crippen LogP contribution >= 0.6 is 0 Å². The molecule has 5 nitrogen and oxygen atoms in total. The van der Waals surface area contributed by atoms with E-state index in [9.17, 15) is 4.79 Å². The second-order valence-corrected chi connectivity index (χ2v) is 7.43. The number of para-hydroxylation sites is 1. The fourth-order valence-corrected chi connectivity index (χ4v) is 4.36. The molecule has 1 amide bonds. The molecule has 0 aliphatic carbocycles. The Morgan fingerprint density at radius 3 is 2.80 bits per heavy atom. The fraction of sp³-hybridized carbons (Fsp3) is 0.650. The summed E-state index contributed by atoms with van der Waals surface area (Å²) in [6.07, 6.45) is 4.09. The van der Waals surface area contributed by atoms with Gasteiger partial charge in [0.2, 0.25) is 5.91 Å². The summed E-state index contributed by atoms with van der Waals surface area (Å²) in [6, 6.07) is 8.26. The van der Waals surface area contributed by atoms with Gasteiger partial charge < -0.3 is 14.4 Å². The maximum atomic E-state index is 12.2. The lowest BCUT2D eigenvalue weighted by atomic mass is 9.73. The Hall–Kier alpha value is -1.59. The molecule has 1 aromatic rings. The number of likely N-dealkylation sites (tertiary alicyclic amines) is 2. The zero-order chi connectivity index (χ0) is 17.7. The second kappa shape index (κ2) is 8.19. The van der Waals surface area contributed by atoms with E-state index in [4.69, 9.17) is 9.47 Å². The molecule has 0 saturated carbocycles. The minimum absolute atomic E-state index is 0.238. The first kappa shape index (κ1) is 18.2. The molecule has 1 unspecified atom stereocenters. The highest BCUT2D eigenvalue weighted by molar-refractivity contribution is 5.77. The van der Waals surface area contributed by atoms with Gasteiger partial charge in [-0.2, -0.15) is 0 Å². The molecule has 138 valence electrons. The SMILES string of the molecule is COCCN1CC2(CCCN(Cc3ccccc3OC)C2)CCC1=O. The summed E-state index contributed by atoms with van der Waals surface area (Å²) in [4.78, 5) is 16.8. The van der Waals surface area contributed by atoms with Gasteiger partial charge in [0.05, 0.1) is 13.7 Å². The van der Waals surface area contributed by atoms with E-state index in [1.54, 1.807) is 14.2 Å². The van der Waals surface area contributed by atoms with Crippen LogP contribution in [0.1, 0.15) is 31.2 Å². The van der Waals surface area contributed by atoms with Gasteiger partial charge in [0.25, 0.3) is 0 Å². The highest BCUT2D eigenvalue weighted by Gasteiger charge is 2.41. The quantitative estimate of drug-likeness (QED) is 0.794. The molecule has 0 radical (unpaired) electrons. The van der Waals surface area contributed by atoms with E-state index in [2.05, 4.69) is 17.0 Å². The third-order valence-corrected chi connectivity index (χ3v) is 5.64. The van der Waals surface area contributed by atoms with E-state index in [-0.39, 0.29) is 11.3 Å². The minimum atomic E-state index is 0.238. The van der Waals surface area contributed by atoms with Crippen molar-refractivity contribution in [2.45, 2.75) is 32.2 Å². The van der Waals surface area contributed by atoms with Crippen molar-refractivity contribution in [2.75, 3.05) is 47.0 Å². The topological polar surface area (TPSA) is 42.0 Å². The summed E-state index contributed by atoms with van der Waals surface area (Å²) in [5.74, 6) is 1.24. The van der Waals surface area contributed by atoms with Crippen LogP contribution in [-0.4, -0.2) is 62.7 Å². The first-order chi connectivity index (χ1) is 12.2. The number of ether oxygens (including phenoxy) is 2. The molecule has 1 atom stereocenters. The number of nitrogens with zero attached hydrogens (tertiary/aromatic N) is 2. The second-order valence-electron chi connectivity index (χ2n) is 7.43. The monoisotopic (exact) mass is 346 g/mol. The van der Waals surface area contributed by atoms with Crippen LogP contribution < -0.4 is 4.74 Å². The zero-order valence-corrected chi connectivity index (χ0v) is 15.5. The predicted molar refractivity (Wildman–Crippen MR) is 97.6 cm³/mol. The largest absolute Gasteiger partial charge is 0.496 e. The van der Waals surface area contributed by atoms with E-state index < -0.39 is 0 Å². The van der Waals surface area contributed by atoms with E-state index in [1.807, 2.05) is 17.0 Å². The maximum absolute atomic E-state index is 12.2. The zero-order valence-electron chi connectivity index (χ0n) is 15.5. The van der Waals surface area contributed by atoms with Gasteiger partial charge in [-0.15, -0.1) is 0 Å². The van der Waals surface area contributed by atoms with Crippen LogP contribution in [0.4, 0.5) is 0 Å². The first-order valence-corrected chi connectivity index (χ1v) is 9.27. The van der Waals surface area contributed by atoms with Crippen molar-refractivity contribution >= 4 is 5.91 Å². The highest BCUT2D eigenvalue weighted by atomic mass is 16.5. The number of hydrogen-bond donors (Lipinski definition) is 0. The van der Waals surface area contributed by atoms with Gasteiger partial charge in [-0.25, -0.2) is 0 Å². The average molecular weight is 346 g/mol. The van der Waals surface area contributed by atoms with E-state index in [0.717, 1.165) is 38.3 Å². The molecular weight excluding hydrogens is 316 g/mol. The van der Waals surface area contributed by atoms with Crippen LogP contribution in [0.25, 0.3) is 0 Å². The number of rotatable bonds is 6. The molecule has 3 rings (SSSR count). The Bertz CT molecular complexity index is 592. The molecule has 25 heavy (non-hydrogen) atoms. The lowest BCUT2D eigenvalue weighted by molar-refractivity contribution is -0.140. The Labute approximate surface area is 150 Å². The fourth-order valence-electron chi connectivity index (χ4n) is 4.36. The standard InChI is InChI=1S/C20H30N2O3/c1-24-13-12-22-16-20(10-8-19(22)23)9-5-11-21(15-20)14-17-6-3-4-7-18(17)25-2/h3-4,6-7H,5,8-16H2,1-2H3. The normalized spacial score (nSPS) is 24.7. The molecule has 0 bridgehead atoms. The lowest BCUT2D eigenvalue weighted by Gasteiger charge is -2.48. The lowest BCUT2D eigenvalue weighted by Crippen LogP contribution is -2.54. The van der Waals surface area contributed by atoms with Crippen molar-refractivity contribution < 1.29 is 14.3 Å². The summed E-state index contributed by atoms with van der Waals surface area (Å²) in [6.45, 7) is 5.29. The van der Waals surface area contributed by atoms with Crippen molar-refractivity contribution in [1.29, 1.82) is 0 Å². The van der Waals surface area contributed by atoms with Gasteiger partial charge in [0.1, 0.15) is 5.75 Å². The third-order valence-electron chi connectivity index (χ3n) is 5.64. The van der Waals surface area contributed by atoms with Gasteiger partial charge in [0.15, 0.2) is 0 Å². The van der Waals surface area contributed by atoms with Crippen LogP contribution in [0, 0.1) is 5.41 Å². The van der Waals surface area contributed by atoms with Crippen LogP contribution in [0.15, 0.2) is 24.3 Å². The maximum Gasteiger partial charge on any atom is 0.222 e. The molecule has 1 spiro atoms. The molecule has 5 heteroatoms. The minimum Gasteiger partial charge on any atom is -0.496 e. The molecule has 2 saturated heterocycles. The van der Waals surface area contributed by atoms with Crippen LogP contribution in [0.5, 0.6) is 5.75 Å². The highest BCUT2D eigenvalue weighted by Crippen LogP contribution is 2.39. The van der Waals surface area contributed by atoms with Gasteiger partial charge in [0, 0.05) is 50.7 Å². The van der Waals surface area contributed by atoms with E-state index >= 15 is 0 Å². The number of carbonyl (C=O) groups is 1. The van der Waals surface area contributed by atoms with Crippen molar-refractivity contribution in [3.63, 3.8) is 0 Å². The van der Waals surface area contributed by atoms with Crippen molar-refractivity contribution in [3.05, 3.63) is 29.8 Å². The van der Waals surface area contributed by atoms with Gasteiger partial charge in [-0.1, -0.05) is 18.2 Å². The van der Waals surface area contributed by atoms with Crippen molar-refractivity contribution in [1.82, 2.24) is 9.80 Å². The molecule has 2 aliphatic heterocycles. The van der Waals surface area contributed by atoms with E-state index in [0.29, 0.717) is 19.6 Å². The smallest absolute Gasteiger partial charge is 0.222 e. The average Bonchev–Trinajstić information content (AvgIpc) is 2.63. The summed E-state index contributed by atoms with van der Waals surface area (Å²) in [5, 5.41) is 0. The van der Waals surface area contributed by atoms with Crippen LogP contribution in [-0.2, 0) is 16.1 Å². The first-order valence-electron chi connectivity index (χ1n) is 9.27. The Morgan fingerprint density at radius 1 is 1.16 bits per heavy atom. The van der Waals surface area contributed by atoms with Crippen molar-refractivity contribution in [2.24, 2.45) is 5.41 Å². The molecular formula is C20H30N2O3. The van der Waals surface area contributed by atoms with Crippen LogP contribution in [0.2, 0.25) is 0 Å². The van der Waals surface area contributed by atoms with Gasteiger partial charge >= 0.3 is 0 Å². The number of hydrogen-bond acceptors (Lipinski definition) is 4. The Morgan fingerprint density at radius 2 is 2.00 bits per heavy atom. The number of amides is 1. The summed E-state index contributed by atoms with van der Waals surface area (Å²) in [7, 11) is 3.43. The molecule has 2 aliphatic rings. The van der Waals surface area contributed by atoms with Gasteiger partial charge in [-0.05, 0) is 31.9 Å². The summed E-state index contributed by atoms with van der Waals surface area (Å²) >= 11 is 0. The Balaban J connectivity index is 1.66. The number of carbonyl (C=O) groups excluding carboxylic acids is 1. The summed E-state index contributed by atoms with van der Waals surface area (Å²) < 4.78 is 10.7. The predicted octanol–water partition coefficient (Wildman–Crippen LogP) is 2.55. The number of methoxy groups -OCH3 is 2. The summed E-state index contributed by atoms with van der Waals surface area (Å²) in [5.41, 5.74) is 1.48. The molecule has 0 aromatic heterocycles. The number of piperidine rings is 2. The molecule has 2 heterocycles. The molecule has 0 N–H and O–H groups in total. The van der Waals surface area contributed by atoms with Gasteiger partial charge in [-0.3, -0.25) is 9.69 Å². The third kappa shape index (κ3) is 4.33. The molecule has 1 aromatic carbocycles. The van der Waals surface area contributed by atoms with Crippen molar-refractivity contribution in [3.8, 4) is 5.75 Å².